The van der Waals surface area contributed by atoms with E-state index in [1.807, 2.05) is 85.1 Å². The van der Waals surface area contributed by atoms with Gasteiger partial charge >= 0.3 is 0 Å². The van der Waals surface area contributed by atoms with Gasteiger partial charge in [0.25, 0.3) is 0 Å². The summed E-state index contributed by atoms with van der Waals surface area (Å²) in [6.45, 7) is 0. The van der Waals surface area contributed by atoms with Gasteiger partial charge in [-0.15, -0.1) is 11.3 Å². The van der Waals surface area contributed by atoms with Crippen molar-refractivity contribution in [2.75, 3.05) is 0 Å². The second-order valence-electron chi connectivity index (χ2n) is 27.8. The minimum atomic E-state index is 0.646. The Bertz CT molecular complexity index is 7730. The SMILES string of the molecule is c1ccc(-c2cccc(-c3nc(-c4ccc(-c5nc(-c6cccc7c6sc6ccccc67)nc6c5oc5ccccc56)cc4)nc4ccccc34)c2)nc1.c1ccc2c(c1)cc(-c1nc(-c3ccc(-c4nc(-c5cc6ccccc6c6ccccc56)c5ccccc5n4)cc3)c3oc4ccccc4c3n1)c1ccccc12. The van der Waals surface area contributed by atoms with Crippen molar-refractivity contribution in [1.82, 2.24) is 44.9 Å². The van der Waals surface area contributed by atoms with Crippen LogP contribution in [-0.2, 0) is 0 Å². The van der Waals surface area contributed by atoms with Crippen LogP contribution in [0.15, 0.2) is 355 Å². The standard InChI is InChI=1S/C52H30N4O.C47H27N5OS/c1-3-15-35-33(13-1)29-43(39-19-7-5-17-37(35)39)48-41-21-9-11-23-45(41)53-51(55-48)32-27-25-31(26-28-32)47-50-49(42-22-10-12-24-46(42)57-50)56-52(54-47)44-30-34-14-2-4-16-36(34)38-18-6-8-20-40(38)44;1-4-19-38-34(14-1)41(31-12-9-11-30(27-31)37-18-7-8-26-48-37)50-46(49-38)29-24-22-28(23-25-29)42-44-43(35-15-2-5-20-39(35)53-44)52-47(51-42)36-17-10-16-33-32-13-3-6-21-40(32)54-45(33)36/h1-30H;1-27H. The van der Waals surface area contributed by atoms with Crippen LogP contribution in [0.3, 0.4) is 0 Å². The van der Waals surface area contributed by atoms with E-state index in [1.165, 1.54) is 47.1 Å². The van der Waals surface area contributed by atoms with Crippen LogP contribution in [0.25, 0.3) is 231 Å². The van der Waals surface area contributed by atoms with E-state index < -0.39 is 0 Å². The first kappa shape index (κ1) is 63.4. The Labute approximate surface area is 637 Å². The number of hydrogen-bond acceptors (Lipinski definition) is 12. The molecule has 0 amide bonds. The Kier molecular flexibility index (Phi) is 14.9. The average molecular weight is 1440 g/mol. The maximum absolute atomic E-state index is 6.53. The number of para-hydroxylation sites is 4. The summed E-state index contributed by atoms with van der Waals surface area (Å²) in [4.78, 5) is 46.2. The molecule has 0 spiro atoms. The van der Waals surface area contributed by atoms with Gasteiger partial charge in [-0.05, 0) is 122 Å². The Morgan fingerprint density at radius 1 is 0.234 bits per heavy atom. The minimum Gasteiger partial charge on any atom is -0.452 e. The van der Waals surface area contributed by atoms with Crippen LogP contribution < -0.4 is 0 Å². The van der Waals surface area contributed by atoms with Gasteiger partial charge in [-0.25, -0.2) is 39.9 Å². The van der Waals surface area contributed by atoms with Crippen molar-refractivity contribution >= 4 is 141 Å². The second kappa shape index (κ2) is 26.0. The van der Waals surface area contributed by atoms with Crippen LogP contribution in [0.2, 0.25) is 0 Å². The fourth-order valence-corrected chi connectivity index (χ4v) is 17.2. The van der Waals surface area contributed by atoms with Gasteiger partial charge in [-0.1, -0.05) is 261 Å². The zero-order valence-corrected chi connectivity index (χ0v) is 60.0. The van der Waals surface area contributed by atoms with Gasteiger partial charge in [-0.2, -0.15) is 0 Å². The molecule has 23 rings (SSSR count). The maximum atomic E-state index is 6.53. The summed E-state index contributed by atoms with van der Waals surface area (Å²) >= 11 is 1.77. The molecule has 516 valence electrons. The molecule has 23 aromatic rings. The zero-order chi connectivity index (χ0) is 73.0. The van der Waals surface area contributed by atoms with Crippen molar-refractivity contribution in [2.24, 2.45) is 0 Å². The van der Waals surface area contributed by atoms with Gasteiger partial charge in [0.15, 0.2) is 34.5 Å². The summed E-state index contributed by atoms with van der Waals surface area (Å²) in [5.41, 5.74) is 19.1. The van der Waals surface area contributed by atoms with E-state index in [2.05, 4.69) is 266 Å². The number of fused-ring (bicyclic) bond motifs is 17. The number of aromatic nitrogens is 9. The molecule has 0 radical (unpaired) electrons. The summed E-state index contributed by atoms with van der Waals surface area (Å²) in [6, 6.07) is 117. The van der Waals surface area contributed by atoms with Crippen LogP contribution >= 0.6 is 11.3 Å². The molecule has 0 saturated heterocycles. The Morgan fingerprint density at radius 3 is 1.26 bits per heavy atom. The number of rotatable bonds is 9. The number of hydrogen-bond donors (Lipinski definition) is 0. The highest BCUT2D eigenvalue weighted by atomic mass is 32.1. The lowest BCUT2D eigenvalue weighted by Gasteiger charge is -2.14. The largest absolute Gasteiger partial charge is 0.452 e. The smallest absolute Gasteiger partial charge is 0.180 e. The molecule has 11 nitrogen and oxygen atoms in total. The third-order valence-electron chi connectivity index (χ3n) is 21.3. The van der Waals surface area contributed by atoms with E-state index in [9.17, 15) is 0 Å². The van der Waals surface area contributed by atoms with Gasteiger partial charge in [-0.3, -0.25) is 4.98 Å². The van der Waals surface area contributed by atoms with Crippen LogP contribution in [0.1, 0.15) is 0 Å². The molecular formula is C99H57N9O2S. The average Bonchev–Trinajstić information content (AvgIpc) is 1.74. The molecule has 15 aromatic carbocycles. The van der Waals surface area contributed by atoms with Crippen molar-refractivity contribution in [3.63, 3.8) is 0 Å². The normalized spacial score (nSPS) is 11.8. The van der Waals surface area contributed by atoms with E-state index in [4.69, 9.17) is 48.7 Å². The first-order valence-electron chi connectivity index (χ1n) is 36.9. The lowest BCUT2D eigenvalue weighted by Crippen LogP contribution is -1.97. The molecule has 0 unspecified atom stereocenters. The highest BCUT2D eigenvalue weighted by molar-refractivity contribution is 7.26. The molecule has 111 heavy (non-hydrogen) atoms. The summed E-state index contributed by atoms with van der Waals surface area (Å²) in [5, 5.41) is 15.8. The van der Waals surface area contributed by atoms with E-state index in [0.717, 1.165) is 149 Å². The molecule has 0 saturated carbocycles. The summed E-state index contributed by atoms with van der Waals surface area (Å²) in [5.74, 6) is 2.63. The number of thiophene rings is 1. The predicted octanol–water partition coefficient (Wildman–Crippen LogP) is 26.0. The van der Waals surface area contributed by atoms with Crippen molar-refractivity contribution in [3.05, 3.63) is 346 Å². The van der Waals surface area contributed by atoms with Gasteiger partial charge in [0.1, 0.15) is 33.6 Å². The highest BCUT2D eigenvalue weighted by Gasteiger charge is 2.25. The maximum Gasteiger partial charge on any atom is 0.180 e. The van der Waals surface area contributed by atoms with E-state index in [-0.39, 0.29) is 0 Å². The molecule has 0 fully saturated rings. The fourth-order valence-electron chi connectivity index (χ4n) is 16.0. The van der Waals surface area contributed by atoms with E-state index in [0.29, 0.717) is 34.5 Å². The van der Waals surface area contributed by atoms with Crippen LogP contribution in [0.5, 0.6) is 0 Å². The van der Waals surface area contributed by atoms with Gasteiger partial charge in [0, 0.05) is 98.0 Å². The molecule has 0 N–H and O–H groups in total. The fraction of sp³-hybridized carbons (Fsp3) is 0. The first-order valence-corrected chi connectivity index (χ1v) is 37.7. The third-order valence-corrected chi connectivity index (χ3v) is 22.5. The predicted molar refractivity (Wildman–Crippen MR) is 454 cm³/mol. The first-order chi connectivity index (χ1) is 55.0. The second-order valence-corrected chi connectivity index (χ2v) is 28.8. The lowest BCUT2D eigenvalue weighted by atomic mass is 9.94. The Hall–Kier alpha value is -14.9. The summed E-state index contributed by atoms with van der Waals surface area (Å²) < 4.78 is 15.4. The van der Waals surface area contributed by atoms with Crippen molar-refractivity contribution in [1.29, 1.82) is 0 Å². The molecule has 12 heteroatoms. The van der Waals surface area contributed by atoms with Gasteiger partial charge in [0.2, 0.25) is 0 Å². The van der Waals surface area contributed by atoms with Gasteiger partial charge in [0.05, 0.1) is 28.1 Å². The topological polar surface area (TPSA) is 142 Å². The molecule has 0 atom stereocenters. The van der Waals surface area contributed by atoms with Crippen LogP contribution in [0.4, 0.5) is 0 Å². The minimum absolute atomic E-state index is 0.646. The van der Waals surface area contributed by atoms with Crippen molar-refractivity contribution < 1.29 is 8.83 Å². The molecule has 0 aliphatic rings. The summed E-state index contributed by atoms with van der Waals surface area (Å²) in [7, 11) is 0. The monoisotopic (exact) mass is 1440 g/mol. The quantitative estimate of drug-likeness (QED) is 0.127. The molecule has 0 bridgehead atoms. The Balaban J connectivity index is 0.000000137. The number of pyridine rings is 1. The molecule has 0 aliphatic carbocycles. The molecule has 8 aromatic heterocycles. The van der Waals surface area contributed by atoms with E-state index in [1.54, 1.807) is 11.3 Å². The van der Waals surface area contributed by atoms with Crippen molar-refractivity contribution in [3.8, 4) is 102 Å². The zero-order valence-electron chi connectivity index (χ0n) is 59.2. The van der Waals surface area contributed by atoms with Gasteiger partial charge < -0.3 is 8.83 Å². The van der Waals surface area contributed by atoms with Crippen LogP contribution in [0, 0.1) is 0 Å². The molecular weight excluding hydrogens is 1380 g/mol. The van der Waals surface area contributed by atoms with Crippen molar-refractivity contribution in [2.45, 2.75) is 0 Å². The lowest BCUT2D eigenvalue weighted by molar-refractivity contribution is 0.667. The highest BCUT2D eigenvalue weighted by Crippen LogP contribution is 2.45. The molecule has 8 heterocycles. The number of furan rings is 2. The Morgan fingerprint density at radius 2 is 0.667 bits per heavy atom. The number of benzene rings is 15. The van der Waals surface area contributed by atoms with Crippen LogP contribution in [-0.4, -0.2) is 44.9 Å². The third kappa shape index (κ3) is 10.8. The summed E-state index contributed by atoms with van der Waals surface area (Å²) in [6.07, 6.45) is 1.82. The molecule has 0 aliphatic heterocycles. The number of nitrogens with zero attached hydrogens (tertiary/aromatic N) is 9. The van der Waals surface area contributed by atoms with E-state index >= 15 is 0 Å².